The monoisotopic (exact) mass is 378 g/mol. The smallest absolute Gasteiger partial charge is 0.223 e. The van der Waals surface area contributed by atoms with Gasteiger partial charge in [-0.3, -0.25) is 9.69 Å². The topological polar surface area (TPSA) is 45.5 Å². The van der Waals surface area contributed by atoms with E-state index in [1.54, 1.807) is 18.4 Å². The molecule has 3 rings (SSSR count). The quantitative estimate of drug-likeness (QED) is 0.740. The molecular formula is C20H24ClFN2O2. The first kappa shape index (κ1) is 18.9. The van der Waals surface area contributed by atoms with Crippen molar-refractivity contribution in [1.82, 2.24) is 10.2 Å². The fraction of sp³-hybridized carbons (Fsp3) is 0.450. The van der Waals surface area contributed by atoms with Gasteiger partial charge in [-0.15, -0.1) is 0 Å². The maximum atomic E-state index is 13.9. The number of aryl methyl sites for hydroxylation is 1. The van der Waals surface area contributed by atoms with E-state index in [-0.39, 0.29) is 17.6 Å². The largest absolute Gasteiger partial charge is 0.469 e. The van der Waals surface area contributed by atoms with Gasteiger partial charge in [-0.05, 0) is 56.6 Å². The summed E-state index contributed by atoms with van der Waals surface area (Å²) in [6.07, 6.45) is 4.97. The number of amides is 1. The fourth-order valence-electron chi connectivity index (χ4n) is 3.32. The highest BCUT2D eigenvalue weighted by molar-refractivity contribution is 6.30. The first-order valence-corrected chi connectivity index (χ1v) is 9.46. The standard InChI is InChI=1S/C20H24ClFN2O2/c21-17-6-5-16(19(22)13-17)14-24-10-7-15(8-11-24)20(25)23-9-1-3-18-4-2-12-26-18/h2,4-6,12-13,15H,1,3,7-11,14H2,(H,23,25). The predicted molar refractivity (Wildman–Crippen MR) is 99.4 cm³/mol. The van der Waals surface area contributed by atoms with Crippen molar-refractivity contribution in [2.24, 2.45) is 5.92 Å². The molecule has 0 atom stereocenters. The van der Waals surface area contributed by atoms with Gasteiger partial charge >= 0.3 is 0 Å². The van der Waals surface area contributed by atoms with Crippen molar-refractivity contribution in [3.63, 3.8) is 0 Å². The average molecular weight is 379 g/mol. The number of furan rings is 1. The van der Waals surface area contributed by atoms with Gasteiger partial charge in [-0.2, -0.15) is 0 Å². The van der Waals surface area contributed by atoms with Gasteiger partial charge in [0.05, 0.1) is 6.26 Å². The highest BCUT2D eigenvalue weighted by atomic mass is 35.5. The summed E-state index contributed by atoms with van der Waals surface area (Å²) in [6, 6.07) is 8.61. The zero-order valence-electron chi connectivity index (χ0n) is 14.7. The van der Waals surface area contributed by atoms with E-state index in [4.69, 9.17) is 16.0 Å². The zero-order valence-corrected chi connectivity index (χ0v) is 15.5. The van der Waals surface area contributed by atoms with Gasteiger partial charge in [-0.1, -0.05) is 17.7 Å². The molecule has 0 aliphatic carbocycles. The molecular weight excluding hydrogens is 355 g/mol. The molecule has 1 saturated heterocycles. The van der Waals surface area contributed by atoms with E-state index in [0.717, 1.165) is 44.5 Å². The Morgan fingerprint density at radius 2 is 2.12 bits per heavy atom. The number of carbonyl (C=O) groups excluding carboxylic acids is 1. The number of halogens is 2. The second-order valence-electron chi connectivity index (χ2n) is 6.76. The van der Waals surface area contributed by atoms with E-state index in [0.29, 0.717) is 23.7 Å². The third-order valence-electron chi connectivity index (χ3n) is 4.85. The van der Waals surface area contributed by atoms with Gasteiger partial charge in [0.15, 0.2) is 0 Å². The Bertz CT molecular complexity index is 713. The second kappa shape index (κ2) is 9.19. The number of likely N-dealkylation sites (tertiary alicyclic amines) is 1. The SMILES string of the molecule is O=C(NCCCc1ccco1)C1CCN(Cc2ccc(Cl)cc2F)CC1. The summed E-state index contributed by atoms with van der Waals surface area (Å²) in [5.41, 5.74) is 0.648. The Balaban J connectivity index is 1.36. The first-order valence-electron chi connectivity index (χ1n) is 9.08. The van der Waals surface area contributed by atoms with E-state index < -0.39 is 0 Å². The molecule has 0 radical (unpaired) electrons. The van der Waals surface area contributed by atoms with Gasteiger partial charge in [0.2, 0.25) is 5.91 Å². The minimum Gasteiger partial charge on any atom is -0.469 e. The molecule has 0 unspecified atom stereocenters. The molecule has 140 valence electrons. The molecule has 1 aromatic carbocycles. The Kier molecular flexibility index (Phi) is 6.69. The van der Waals surface area contributed by atoms with Crippen LogP contribution in [0.2, 0.25) is 5.02 Å². The molecule has 4 nitrogen and oxygen atoms in total. The average Bonchev–Trinajstić information content (AvgIpc) is 3.15. The number of hydrogen-bond donors (Lipinski definition) is 1. The Morgan fingerprint density at radius 1 is 1.31 bits per heavy atom. The molecule has 0 bridgehead atoms. The van der Waals surface area contributed by atoms with Gasteiger partial charge < -0.3 is 9.73 Å². The van der Waals surface area contributed by atoms with E-state index >= 15 is 0 Å². The van der Waals surface area contributed by atoms with Crippen molar-refractivity contribution in [2.75, 3.05) is 19.6 Å². The van der Waals surface area contributed by atoms with Crippen LogP contribution in [0.1, 0.15) is 30.6 Å². The highest BCUT2D eigenvalue weighted by Gasteiger charge is 2.25. The van der Waals surface area contributed by atoms with Crippen LogP contribution in [0.25, 0.3) is 0 Å². The van der Waals surface area contributed by atoms with Gasteiger partial charge in [0.25, 0.3) is 0 Å². The van der Waals surface area contributed by atoms with Crippen LogP contribution in [0, 0.1) is 11.7 Å². The van der Waals surface area contributed by atoms with Crippen LogP contribution in [-0.2, 0) is 17.8 Å². The van der Waals surface area contributed by atoms with Crippen LogP contribution in [0.3, 0.4) is 0 Å². The molecule has 6 heteroatoms. The Morgan fingerprint density at radius 3 is 2.81 bits per heavy atom. The van der Waals surface area contributed by atoms with Crippen molar-refractivity contribution in [3.05, 3.63) is 58.8 Å². The van der Waals surface area contributed by atoms with Gasteiger partial charge in [0.1, 0.15) is 11.6 Å². The summed E-state index contributed by atoms with van der Waals surface area (Å²) >= 11 is 5.79. The van der Waals surface area contributed by atoms with Crippen molar-refractivity contribution in [3.8, 4) is 0 Å². The number of hydrogen-bond acceptors (Lipinski definition) is 3. The van der Waals surface area contributed by atoms with Crippen LogP contribution in [0.15, 0.2) is 41.0 Å². The van der Waals surface area contributed by atoms with Crippen molar-refractivity contribution < 1.29 is 13.6 Å². The summed E-state index contributed by atoms with van der Waals surface area (Å²) in [5.74, 6) is 0.850. The number of nitrogens with zero attached hydrogens (tertiary/aromatic N) is 1. The molecule has 0 saturated carbocycles. The lowest BCUT2D eigenvalue weighted by Gasteiger charge is -2.31. The molecule has 26 heavy (non-hydrogen) atoms. The maximum Gasteiger partial charge on any atom is 0.223 e. The van der Waals surface area contributed by atoms with Crippen LogP contribution >= 0.6 is 11.6 Å². The number of nitrogens with one attached hydrogen (secondary N) is 1. The fourth-order valence-corrected chi connectivity index (χ4v) is 3.48. The molecule has 2 aromatic rings. The lowest BCUT2D eigenvalue weighted by Crippen LogP contribution is -2.40. The van der Waals surface area contributed by atoms with Crippen LogP contribution in [0.4, 0.5) is 4.39 Å². The van der Waals surface area contributed by atoms with Crippen molar-refractivity contribution in [1.29, 1.82) is 0 Å². The molecule has 0 spiro atoms. The summed E-state index contributed by atoms with van der Waals surface area (Å²) in [7, 11) is 0. The van der Waals surface area contributed by atoms with Crippen LogP contribution in [-0.4, -0.2) is 30.4 Å². The molecule has 1 fully saturated rings. The summed E-state index contributed by atoms with van der Waals surface area (Å²) < 4.78 is 19.2. The molecule has 2 heterocycles. The summed E-state index contributed by atoms with van der Waals surface area (Å²) in [5, 5.41) is 3.43. The maximum absolute atomic E-state index is 13.9. The Hall–Kier alpha value is -1.85. The van der Waals surface area contributed by atoms with E-state index in [1.807, 2.05) is 12.1 Å². The normalized spacial score (nSPS) is 15.9. The van der Waals surface area contributed by atoms with Crippen LogP contribution < -0.4 is 5.32 Å². The molecule has 1 N–H and O–H groups in total. The number of rotatable bonds is 7. The van der Waals surface area contributed by atoms with E-state index in [2.05, 4.69) is 10.2 Å². The number of piperidine rings is 1. The predicted octanol–water partition coefficient (Wildman–Crippen LogP) is 4.03. The third kappa shape index (κ3) is 5.32. The summed E-state index contributed by atoms with van der Waals surface area (Å²) in [4.78, 5) is 14.5. The molecule has 1 amide bonds. The third-order valence-corrected chi connectivity index (χ3v) is 5.08. The lowest BCUT2D eigenvalue weighted by molar-refractivity contribution is -0.126. The molecule has 1 aromatic heterocycles. The van der Waals surface area contributed by atoms with Gasteiger partial charge in [0, 0.05) is 36.0 Å². The molecule has 1 aliphatic heterocycles. The minimum absolute atomic E-state index is 0.0462. The van der Waals surface area contributed by atoms with Crippen molar-refractivity contribution in [2.45, 2.75) is 32.2 Å². The second-order valence-corrected chi connectivity index (χ2v) is 7.20. The Labute approximate surface area is 158 Å². The van der Waals surface area contributed by atoms with E-state index in [1.165, 1.54) is 6.07 Å². The minimum atomic E-state index is -0.270. The van der Waals surface area contributed by atoms with Crippen LogP contribution in [0.5, 0.6) is 0 Å². The number of carbonyl (C=O) groups is 1. The zero-order chi connectivity index (χ0) is 18.4. The van der Waals surface area contributed by atoms with Gasteiger partial charge in [-0.25, -0.2) is 4.39 Å². The first-order chi connectivity index (χ1) is 12.6. The van der Waals surface area contributed by atoms with E-state index in [9.17, 15) is 9.18 Å². The summed E-state index contributed by atoms with van der Waals surface area (Å²) in [6.45, 7) is 2.81. The number of benzene rings is 1. The highest BCUT2D eigenvalue weighted by Crippen LogP contribution is 2.21. The lowest BCUT2D eigenvalue weighted by atomic mass is 9.95. The molecule has 1 aliphatic rings. The van der Waals surface area contributed by atoms with Crippen molar-refractivity contribution >= 4 is 17.5 Å².